The van der Waals surface area contributed by atoms with Crippen molar-refractivity contribution in [3.05, 3.63) is 27.9 Å². The summed E-state index contributed by atoms with van der Waals surface area (Å²) in [6.45, 7) is 9.25. The summed E-state index contributed by atoms with van der Waals surface area (Å²) in [6, 6.07) is 1.58. The van der Waals surface area contributed by atoms with Gasteiger partial charge < -0.3 is 9.72 Å². The van der Waals surface area contributed by atoms with Crippen molar-refractivity contribution >= 4 is 0 Å². The summed E-state index contributed by atoms with van der Waals surface area (Å²) in [7, 11) is 0. The van der Waals surface area contributed by atoms with Gasteiger partial charge >= 0.3 is 0 Å². The number of ether oxygens (including phenoxy) is 1. The molecule has 0 atom stereocenters. The predicted molar refractivity (Wildman–Crippen MR) is 79.8 cm³/mol. The van der Waals surface area contributed by atoms with E-state index in [9.17, 15) is 4.79 Å². The van der Waals surface area contributed by atoms with E-state index in [0.717, 1.165) is 43.6 Å². The topological polar surface area (TPSA) is 55.0 Å². The molecule has 1 aromatic heterocycles. The van der Waals surface area contributed by atoms with E-state index in [4.69, 9.17) is 4.74 Å². The Labute approximate surface area is 121 Å². The van der Waals surface area contributed by atoms with Gasteiger partial charge in [-0.15, -0.1) is 0 Å². The molecule has 0 amide bonds. The minimum absolute atomic E-state index is 0.0734. The maximum atomic E-state index is 11.8. The van der Waals surface area contributed by atoms with E-state index in [1.54, 1.807) is 6.07 Å². The molecule has 4 heteroatoms. The van der Waals surface area contributed by atoms with Crippen LogP contribution in [0.4, 0.5) is 0 Å². The molecule has 0 aliphatic heterocycles. The molecule has 1 fully saturated rings. The molecule has 1 saturated carbocycles. The highest BCUT2D eigenvalue weighted by Crippen LogP contribution is 2.46. The maximum absolute atomic E-state index is 11.8. The van der Waals surface area contributed by atoms with Gasteiger partial charge in [-0.3, -0.25) is 4.79 Å². The molecular weight excluding hydrogens is 252 g/mol. The Morgan fingerprint density at radius 2 is 1.90 bits per heavy atom. The Kier molecular flexibility index (Phi) is 4.33. The van der Waals surface area contributed by atoms with Gasteiger partial charge in [0, 0.05) is 18.4 Å². The molecule has 20 heavy (non-hydrogen) atoms. The summed E-state index contributed by atoms with van der Waals surface area (Å²) >= 11 is 0. The molecule has 0 saturated heterocycles. The van der Waals surface area contributed by atoms with Gasteiger partial charge in [0.15, 0.2) is 0 Å². The van der Waals surface area contributed by atoms with Crippen LogP contribution in [-0.4, -0.2) is 16.6 Å². The fraction of sp³-hybridized carbons (Fsp3) is 0.750. The van der Waals surface area contributed by atoms with E-state index >= 15 is 0 Å². The first-order valence-electron chi connectivity index (χ1n) is 7.65. The Hall–Kier alpha value is -1.16. The second kappa shape index (κ2) is 5.68. The van der Waals surface area contributed by atoms with Crippen molar-refractivity contribution in [1.29, 1.82) is 0 Å². The standard InChI is InChI=1S/C16H26N2O2/c1-5-12-11-13(19)18-14(17-12)16(20-6-2)9-7-15(3,4)8-10-16/h11H,5-10H2,1-4H3,(H,17,18,19). The van der Waals surface area contributed by atoms with Crippen molar-refractivity contribution in [2.24, 2.45) is 5.41 Å². The van der Waals surface area contributed by atoms with E-state index in [0.29, 0.717) is 12.0 Å². The number of rotatable bonds is 4. The van der Waals surface area contributed by atoms with E-state index in [1.165, 1.54) is 0 Å². The number of nitrogens with zero attached hydrogens (tertiary/aromatic N) is 1. The Morgan fingerprint density at radius 1 is 1.25 bits per heavy atom. The summed E-state index contributed by atoms with van der Waals surface area (Å²) in [5.74, 6) is 0.721. The van der Waals surface area contributed by atoms with Crippen LogP contribution in [0, 0.1) is 5.41 Å². The van der Waals surface area contributed by atoms with Crippen LogP contribution in [0.25, 0.3) is 0 Å². The lowest BCUT2D eigenvalue weighted by Gasteiger charge is -2.42. The van der Waals surface area contributed by atoms with Crippen molar-refractivity contribution in [3.63, 3.8) is 0 Å². The van der Waals surface area contributed by atoms with E-state index in [1.807, 2.05) is 13.8 Å². The number of aryl methyl sites for hydroxylation is 1. The summed E-state index contributed by atoms with van der Waals surface area (Å²) < 4.78 is 6.07. The number of hydrogen-bond donors (Lipinski definition) is 1. The molecule has 1 aliphatic carbocycles. The molecule has 0 unspecified atom stereocenters. The molecule has 0 radical (unpaired) electrons. The average Bonchev–Trinajstić information content (AvgIpc) is 2.41. The largest absolute Gasteiger partial charge is 0.367 e. The molecule has 0 bridgehead atoms. The van der Waals surface area contributed by atoms with Crippen molar-refractivity contribution in [2.75, 3.05) is 6.61 Å². The molecule has 112 valence electrons. The molecule has 4 nitrogen and oxygen atoms in total. The number of aromatic nitrogens is 2. The van der Waals surface area contributed by atoms with E-state index < -0.39 is 5.60 Å². The number of H-pyrrole nitrogens is 1. The highest BCUT2D eigenvalue weighted by Gasteiger charge is 2.42. The Morgan fingerprint density at radius 3 is 2.45 bits per heavy atom. The molecular formula is C16H26N2O2. The highest BCUT2D eigenvalue weighted by atomic mass is 16.5. The lowest BCUT2D eigenvalue weighted by molar-refractivity contribution is -0.0950. The van der Waals surface area contributed by atoms with Crippen LogP contribution < -0.4 is 5.56 Å². The Balaban J connectivity index is 2.38. The van der Waals surface area contributed by atoms with Gasteiger partial charge in [0.05, 0.1) is 0 Å². The van der Waals surface area contributed by atoms with Crippen LogP contribution in [0.15, 0.2) is 10.9 Å². The van der Waals surface area contributed by atoms with Gasteiger partial charge in [-0.05, 0) is 44.4 Å². The Bertz CT molecular complexity index is 509. The van der Waals surface area contributed by atoms with Crippen molar-refractivity contribution in [3.8, 4) is 0 Å². The summed E-state index contributed by atoms with van der Waals surface area (Å²) in [6.07, 6.45) is 4.79. The first-order valence-corrected chi connectivity index (χ1v) is 7.65. The van der Waals surface area contributed by atoms with E-state index in [2.05, 4.69) is 23.8 Å². The second-order valence-electron chi connectivity index (χ2n) is 6.53. The second-order valence-corrected chi connectivity index (χ2v) is 6.53. The fourth-order valence-electron chi connectivity index (χ4n) is 2.96. The lowest BCUT2D eigenvalue weighted by Crippen LogP contribution is -2.40. The van der Waals surface area contributed by atoms with Gasteiger partial charge in [-0.25, -0.2) is 4.98 Å². The molecule has 1 N–H and O–H groups in total. The monoisotopic (exact) mass is 278 g/mol. The van der Waals surface area contributed by atoms with Gasteiger partial charge in [0.1, 0.15) is 11.4 Å². The number of aromatic amines is 1. The predicted octanol–water partition coefficient (Wildman–Crippen LogP) is 3.16. The van der Waals surface area contributed by atoms with Crippen molar-refractivity contribution < 1.29 is 4.74 Å². The highest BCUT2D eigenvalue weighted by molar-refractivity contribution is 5.11. The van der Waals surface area contributed by atoms with Crippen LogP contribution in [0.1, 0.15) is 64.9 Å². The first kappa shape index (κ1) is 15.2. The van der Waals surface area contributed by atoms with Crippen LogP contribution in [0.2, 0.25) is 0 Å². The normalized spacial score (nSPS) is 20.8. The summed E-state index contributed by atoms with van der Waals surface area (Å²) in [5.41, 5.74) is 0.709. The number of hydrogen-bond acceptors (Lipinski definition) is 3. The SMILES string of the molecule is CCOC1(c2nc(CC)cc(=O)[nH]2)CCC(C)(C)CC1. The van der Waals surface area contributed by atoms with Gasteiger partial charge in [-0.2, -0.15) is 0 Å². The zero-order valence-corrected chi connectivity index (χ0v) is 13.1. The van der Waals surface area contributed by atoms with Crippen molar-refractivity contribution in [1.82, 2.24) is 9.97 Å². The minimum atomic E-state index is -0.408. The molecule has 1 aromatic rings. The lowest BCUT2D eigenvalue weighted by atomic mass is 9.70. The third kappa shape index (κ3) is 3.11. The van der Waals surface area contributed by atoms with Gasteiger partial charge in [0.25, 0.3) is 5.56 Å². The average molecular weight is 278 g/mol. The van der Waals surface area contributed by atoms with Gasteiger partial charge in [-0.1, -0.05) is 20.8 Å². The van der Waals surface area contributed by atoms with Gasteiger partial charge in [0.2, 0.25) is 0 Å². The molecule has 2 rings (SSSR count). The van der Waals surface area contributed by atoms with E-state index in [-0.39, 0.29) is 5.56 Å². The summed E-state index contributed by atoms with van der Waals surface area (Å²) in [5, 5.41) is 0. The molecule has 1 heterocycles. The van der Waals surface area contributed by atoms with Crippen molar-refractivity contribution in [2.45, 2.75) is 65.4 Å². The quantitative estimate of drug-likeness (QED) is 0.920. The first-order chi connectivity index (χ1) is 9.41. The zero-order chi connectivity index (χ0) is 14.8. The molecule has 1 aliphatic rings. The molecule has 0 spiro atoms. The van der Waals surface area contributed by atoms with Crippen LogP contribution in [-0.2, 0) is 16.8 Å². The maximum Gasteiger partial charge on any atom is 0.251 e. The summed E-state index contributed by atoms with van der Waals surface area (Å²) in [4.78, 5) is 19.4. The fourth-order valence-corrected chi connectivity index (χ4v) is 2.96. The minimum Gasteiger partial charge on any atom is -0.367 e. The number of nitrogens with one attached hydrogen (secondary N) is 1. The van der Waals surface area contributed by atoms with Crippen LogP contribution in [0.5, 0.6) is 0 Å². The third-order valence-corrected chi connectivity index (χ3v) is 4.42. The smallest absolute Gasteiger partial charge is 0.251 e. The zero-order valence-electron chi connectivity index (χ0n) is 13.1. The molecule has 0 aromatic carbocycles. The third-order valence-electron chi connectivity index (χ3n) is 4.42. The van der Waals surface area contributed by atoms with Crippen LogP contribution in [0.3, 0.4) is 0 Å². The van der Waals surface area contributed by atoms with Crippen LogP contribution >= 0.6 is 0 Å².